The Morgan fingerprint density at radius 2 is 0.837 bits per heavy atom. The lowest BCUT2D eigenvalue weighted by molar-refractivity contribution is 1.20. The Kier molecular flexibility index (Phi) is 7.18. The first-order valence-electron chi connectivity index (χ1n) is 16.7. The zero-order valence-electron chi connectivity index (χ0n) is 26.9. The summed E-state index contributed by atoms with van der Waals surface area (Å²) in [6.45, 7) is 0. The summed E-state index contributed by atoms with van der Waals surface area (Å²) in [6.07, 6.45) is 1.88. The maximum absolute atomic E-state index is 4.95. The second kappa shape index (κ2) is 12.3. The Labute approximate surface area is 286 Å². The van der Waals surface area contributed by atoms with Crippen molar-refractivity contribution in [3.8, 4) is 33.4 Å². The molecule has 8 aromatic carbocycles. The number of anilines is 3. The molecule has 0 aliphatic rings. The molecule has 9 aromatic rings. The number of benzene rings is 8. The second-order valence-electron chi connectivity index (χ2n) is 12.4. The quantitative estimate of drug-likeness (QED) is 0.171. The number of fused-ring (bicyclic) bond motifs is 3. The Bertz CT molecular complexity index is 2470. The number of hydrogen-bond acceptors (Lipinski definition) is 2. The summed E-state index contributed by atoms with van der Waals surface area (Å²) >= 11 is 0. The summed E-state index contributed by atoms with van der Waals surface area (Å²) in [5.41, 5.74) is 9.41. The lowest BCUT2D eigenvalue weighted by atomic mass is 9.87. The highest BCUT2D eigenvalue weighted by molar-refractivity contribution is 6.23. The van der Waals surface area contributed by atoms with E-state index in [0.29, 0.717) is 0 Å². The zero-order valence-corrected chi connectivity index (χ0v) is 26.9. The van der Waals surface area contributed by atoms with E-state index < -0.39 is 0 Å². The third-order valence-electron chi connectivity index (χ3n) is 9.45. The predicted molar refractivity (Wildman–Crippen MR) is 208 cm³/mol. The molecule has 0 fully saturated rings. The molecule has 0 aliphatic carbocycles. The molecule has 230 valence electrons. The molecule has 0 unspecified atom stereocenters. The van der Waals surface area contributed by atoms with Crippen molar-refractivity contribution in [2.45, 2.75) is 0 Å². The summed E-state index contributed by atoms with van der Waals surface area (Å²) in [5.74, 6) is 0.874. The fourth-order valence-corrected chi connectivity index (χ4v) is 7.27. The highest BCUT2D eigenvalue weighted by Crippen LogP contribution is 2.49. The van der Waals surface area contributed by atoms with E-state index in [2.05, 4.69) is 187 Å². The molecular formula is C47H32N2. The largest absolute Gasteiger partial charge is 0.293 e. The van der Waals surface area contributed by atoms with E-state index in [1.165, 1.54) is 65.7 Å². The van der Waals surface area contributed by atoms with Gasteiger partial charge in [-0.15, -0.1) is 0 Å². The van der Waals surface area contributed by atoms with Crippen LogP contribution in [0.25, 0.3) is 65.7 Å². The van der Waals surface area contributed by atoms with Crippen molar-refractivity contribution in [3.05, 3.63) is 194 Å². The Morgan fingerprint density at radius 3 is 1.43 bits per heavy atom. The van der Waals surface area contributed by atoms with Crippen LogP contribution in [0.4, 0.5) is 17.2 Å². The van der Waals surface area contributed by atoms with Gasteiger partial charge in [-0.1, -0.05) is 152 Å². The van der Waals surface area contributed by atoms with E-state index >= 15 is 0 Å². The molecule has 2 heteroatoms. The maximum Gasteiger partial charge on any atom is 0.137 e. The van der Waals surface area contributed by atoms with E-state index in [1.807, 2.05) is 12.3 Å². The summed E-state index contributed by atoms with van der Waals surface area (Å²) < 4.78 is 0. The van der Waals surface area contributed by atoms with Crippen LogP contribution < -0.4 is 4.90 Å². The molecular weight excluding hydrogens is 593 g/mol. The summed E-state index contributed by atoms with van der Waals surface area (Å²) in [4.78, 5) is 7.30. The first-order chi connectivity index (χ1) is 24.3. The molecule has 0 N–H and O–H groups in total. The van der Waals surface area contributed by atoms with Crippen LogP contribution in [0.15, 0.2) is 194 Å². The van der Waals surface area contributed by atoms with Crippen molar-refractivity contribution in [1.29, 1.82) is 0 Å². The number of aromatic nitrogens is 1. The SMILES string of the molecule is c1ccc(-c2cc(-c3ccccc3)cc(-c3c4ccccc4c(N(c4ccccn4)c4cccc5ccccc45)c4ccccc34)c2)cc1. The molecule has 1 heterocycles. The van der Waals surface area contributed by atoms with Gasteiger partial charge in [0.1, 0.15) is 5.82 Å². The van der Waals surface area contributed by atoms with Gasteiger partial charge < -0.3 is 0 Å². The molecule has 0 radical (unpaired) electrons. The van der Waals surface area contributed by atoms with Crippen molar-refractivity contribution in [2.24, 2.45) is 0 Å². The standard InChI is InChI=1S/C47H32N2/c1-3-16-33(17-4-1)36-30-37(34-18-5-2-6-19-34)32-38(31-36)46-40-23-9-11-25-42(40)47(43-26-12-10-24-41(43)46)49(45-28-13-14-29-48-45)44-27-15-21-35-20-7-8-22-39(35)44/h1-32H. The third kappa shape index (κ3) is 5.11. The van der Waals surface area contributed by atoms with E-state index in [1.54, 1.807) is 0 Å². The molecule has 0 saturated heterocycles. The van der Waals surface area contributed by atoms with Gasteiger partial charge in [-0.25, -0.2) is 4.98 Å². The highest BCUT2D eigenvalue weighted by Gasteiger charge is 2.24. The van der Waals surface area contributed by atoms with E-state index in [4.69, 9.17) is 4.98 Å². The van der Waals surface area contributed by atoms with Crippen LogP contribution in [-0.4, -0.2) is 4.98 Å². The number of nitrogens with zero attached hydrogens (tertiary/aromatic N) is 2. The van der Waals surface area contributed by atoms with Crippen LogP contribution in [0.3, 0.4) is 0 Å². The monoisotopic (exact) mass is 624 g/mol. The molecule has 1 aromatic heterocycles. The number of hydrogen-bond donors (Lipinski definition) is 0. The molecule has 0 bridgehead atoms. The van der Waals surface area contributed by atoms with Crippen LogP contribution in [0.5, 0.6) is 0 Å². The molecule has 0 amide bonds. The zero-order chi connectivity index (χ0) is 32.6. The topological polar surface area (TPSA) is 16.1 Å². The third-order valence-corrected chi connectivity index (χ3v) is 9.45. The lowest BCUT2D eigenvalue weighted by Gasteiger charge is -2.29. The highest BCUT2D eigenvalue weighted by atomic mass is 15.2. The predicted octanol–water partition coefficient (Wildman–Crippen LogP) is 13.0. The van der Waals surface area contributed by atoms with Gasteiger partial charge in [0, 0.05) is 22.4 Å². The Hall–Kier alpha value is -6.51. The maximum atomic E-state index is 4.95. The molecule has 0 atom stereocenters. The minimum atomic E-state index is 0.874. The fourth-order valence-electron chi connectivity index (χ4n) is 7.27. The van der Waals surface area contributed by atoms with Crippen LogP contribution >= 0.6 is 0 Å². The van der Waals surface area contributed by atoms with Gasteiger partial charge in [0.25, 0.3) is 0 Å². The van der Waals surface area contributed by atoms with Crippen LogP contribution in [0.2, 0.25) is 0 Å². The number of pyridine rings is 1. The molecule has 49 heavy (non-hydrogen) atoms. The normalized spacial score (nSPS) is 11.3. The molecule has 0 spiro atoms. The van der Waals surface area contributed by atoms with Gasteiger partial charge in [0.2, 0.25) is 0 Å². The van der Waals surface area contributed by atoms with Crippen LogP contribution in [0.1, 0.15) is 0 Å². The second-order valence-corrected chi connectivity index (χ2v) is 12.4. The molecule has 0 aliphatic heterocycles. The van der Waals surface area contributed by atoms with Crippen molar-refractivity contribution in [1.82, 2.24) is 4.98 Å². The van der Waals surface area contributed by atoms with Crippen LogP contribution in [-0.2, 0) is 0 Å². The van der Waals surface area contributed by atoms with Gasteiger partial charge in [-0.3, -0.25) is 4.90 Å². The van der Waals surface area contributed by atoms with Gasteiger partial charge >= 0.3 is 0 Å². The van der Waals surface area contributed by atoms with Crippen LogP contribution in [0, 0.1) is 0 Å². The first kappa shape index (κ1) is 28.7. The van der Waals surface area contributed by atoms with Gasteiger partial charge in [0.05, 0.1) is 11.4 Å². The van der Waals surface area contributed by atoms with Crippen molar-refractivity contribution in [2.75, 3.05) is 4.90 Å². The minimum Gasteiger partial charge on any atom is -0.293 e. The van der Waals surface area contributed by atoms with Gasteiger partial charge in [-0.05, 0) is 85.9 Å². The average Bonchev–Trinajstić information content (AvgIpc) is 3.19. The lowest BCUT2D eigenvalue weighted by Crippen LogP contribution is -2.13. The summed E-state index contributed by atoms with van der Waals surface area (Å²) in [5, 5.41) is 7.10. The molecule has 2 nitrogen and oxygen atoms in total. The van der Waals surface area contributed by atoms with E-state index in [-0.39, 0.29) is 0 Å². The average molecular weight is 625 g/mol. The first-order valence-corrected chi connectivity index (χ1v) is 16.7. The molecule has 0 saturated carbocycles. The fraction of sp³-hybridized carbons (Fsp3) is 0. The minimum absolute atomic E-state index is 0.874. The summed E-state index contributed by atoms with van der Waals surface area (Å²) in [6, 6.07) is 67.4. The van der Waals surface area contributed by atoms with Crippen molar-refractivity contribution < 1.29 is 0 Å². The Morgan fingerprint density at radius 1 is 0.347 bits per heavy atom. The van der Waals surface area contributed by atoms with Crippen molar-refractivity contribution >= 4 is 49.5 Å². The Balaban J connectivity index is 1.39. The number of rotatable bonds is 6. The van der Waals surface area contributed by atoms with Crippen molar-refractivity contribution in [3.63, 3.8) is 0 Å². The van der Waals surface area contributed by atoms with Gasteiger partial charge in [-0.2, -0.15) is 0 Å². The smallest absolute Gasteiger partial charge is 0.137 e. The summed E-state index contributed by atoms with van der Waals surface area (Å²) in [7, 11) is 0. The molecule has 9 rings (SSSR count). The van der Waals surface area contributed by atoms with E-state index in [9.17, 15) is 0 Å². The van der Waals surface area contributed by atoms with Gasteiger partial charge in [0.15, 0.2) is 0 Å². The van der Waals surface area contributed by atoms with E-state index in [0.717, 1.165) is 17.2 Å².